The maximum Gasteiger partial charge on any atom is 0 e. The molecule has 0 rings (SSSR count). The molecule has 67 valence electrons. The molecule has 0 saturated heterocycles. The van der Waals surface area contributed by atoms with Crippen LogP contribution in [-0.4, -0.2) is 19.7 Å². The van der Waals surface area contributed by atoms with Crippen LogP contribution in [0.15, 0.2) is 24.5 Å². The molecule has 0 aliphatic heterocycles. The zero-order chi connectivity index (χ0) is 8.85. The van der Waals surface area contributed by atoms with E-state index in [2.05, 4.69) is 46.2 Å². The van der Waals surface area contributed by atoms with Crippen molar-refractivity contribution in [3.63, 3.8) is 0 Å². The van der Waals surface area contributed by atoms with Gasteiger partial charge in [0.1, 0.15) is 0 Å². The summed E-state index contributed by atoms with van der Waals surface area (Å²) in [5.74, 6) is 2.32. The molecule has 0 heterocycles. The number of hydrogen-bond acceptors (Lipinski definition) is 0. The Bertz CT molecular complexity index is 131. The maximum atomic E-state index is 3.67. The molecule has 0 N–H and O–H groups in total. The van der Waals surface area contributed by atoms with Crippen LogP contribution in [0.4, 0.5) is 0 Å². The van der Waals surface area contributed by atoms with Gasteiger partial charge in [0, 0.05) is 8.41 Å². The van der Waals surface area contributed by atoms with Crippen molar-refractivity contribution in [3.05, 3.63) is 24.5 Å². The molecule has 0 nitrogen and oxygen atoms in total. The second-order valence-electron chi connectivity index (χ2n) is 3.21. The molecule has 0 aliphatic carbocycles. The monoisotopic (exact) mass is 181 g/mol. The van der Waals surface area contributed by atoms with Gasteiger partial charge in [0.15, 0.2) is 0 Å². The predicted molar refractivity (Wildman–Crippen MR) is 62.3 cm³/mol. The highest BCUT2D eigenvalue weighted by atomic mass is 31.1. The van der Waals surface area contributed by atoms with Crippen LogP contribution in [0, 0.1) is 0 Å². The first-order valence-electron chi connectivity index (χ1n) is 4.16. The van der Waals surface area contributed by atoms with Crippen molar-refractivity contribution in [2.24, 2.45) is 0 Å². The van der Waals surface area contributed by atoms with Crippen LogP contribution in [0.1, 0.15) is 27.7 Å². The lowest BCUT2D eigenvalue weighted by molar-refractivity contribution is 1.02. The Morgan fingerprint density at radius 1 is 1.08 bits per heavy atom. The van der Waals surface area contributed by atoms with E-state index in [-0.39, 0.29) is 16.3 Å². The van der Waals surface area contributed by atoms with Gasteiger partial charge in [0.2, 0.25) is 0 Å². The Morgan fingerprint density at radius 2 is 1.50 bits per heavy atom. The molecule has 0 saturated carbocycles. The minimum atomic E-state index is 0. The SMILES string of the molecule is C=C/C=C/P(C(C)C)C(C)C.[B]. The molecule has 0 aromatic heterocycles. The first kappa shape index (κ1) is 14.5. The molecule has 12 heavy (non-hydrogen) atoms. The summed E-state index contributed by atoms with van der Waals surface area (Å²) < 4.78 is 0. The molecule has 0 unspecified atom stereocenters. The lowest BCUT2D eigenvalue weighted by atomic mass is 10.5. The van der Waals surface area contributed by atoms with Crippen LogP contribution in [-0.2, 0) is 0 Å². The van der Waals surface area contributed by atoms with Crippen molar-refractivity contribution in [1.29, 1.82) is 0 Å². The largest absolute Gasteiger partial charge is 0.0991 e. The molecule has 0 atom stereocenters. The highest BCUT2D eigenvalue weighted by Gasteiger charge is 2.11. The molecule has 2 heteroatoms. The lowest BCUT2D eigenvalue weighted by Crippen LogP contribution is -2.00. The quantitative estimate of drug-likeness (QED) is 0.353. The van der Waals surface area contributed by atoms with Gasteiger partial charge in [-0.05, 0) is 11.3 Å². The van der Waals surface area contributed by atoms with Crippen LogP contribution in [0.25, 0.3) is 0 Å². The zero-order valence-corrected chi connectivity index (χ0v) is 9.51. The topological polar surface area (TPSA) is 0 Å². The van der Waals surface area contributed by atoms with Gasteiger partial charge in [0.25, 0.3) is 0 Å². The smallest absolute Gasteiger partial charge is 0 e. The average Bonchev–Trinajstić information content (AvgIpc) is 1.87. The van der Waals surface area contributed by atoms with Crippen LogP contribution in [0.3, 0.4) is 0 Å². The molecular weight excluding hydrogens is 162 g/mol. The number of allylic oxidation sites excluding steroid dienone is 2. The Hall–Kier alpha value is -0.0251. The average molecular weight is 181 g/mol. The summed E-state index contributed by atoms with van der Waals surface area (Å²) in [6, 6.07) is 0. The van der Waals surface area contributed by atoms with Crippen LogP contribution >= 0.6 is 7.92 Å². The Balaban J connectivity index is 0. The molecule has 0 bridgehead atoms. The summed E-state index contributed by atoms with van der Waals surface area (Å²) in [4.78, 5) is 0. The minimum absolute atomic E-state index is 0. The summed E-state index contributed by atoms with van der Waals surface area (Å²) in [6.45, 7) is 12.8. The van der Waals surface area contributed by atoms with E-state index < -0.39 is 0 Å². The predicted octanol–water partition coefficient (Wildman–Crippen LogP) is 3.60. The second kappa shape index (κ2) is 7.62. The van der Waals surface area contributed by atoms with Gasteiger partial charge in [-0.25, -0.2) is 0 Å². The van der Waals surface area contributed by atoms with Crippen molar-refractivity contribution in [2.75, 3.05) is 0 Å². The second-order valence-corrected chi connectivity index (χ2v) is 6.47. The van der Waals surface area contributed by atoms with E-state index in [4.69, 9.17) is 0 Å². The third kappa shape index (κ3) is 5.60. The summed E-state index contributed by atoms with van der Waals surface area (Å²) in [5.41, 5.74) is 1.59. The molecule has 0 aromatic carbocycles. The standard InChI is InChI=1S/C10H19P.B/c1-6-7-8-11(9(2)3)10(4)5;/h6-10H,1H2,2-5H3;/b8-7+;. The first-order valence-corrected chi connectivity index (χ1v) is 5.71. The maximum absolute atomic E-state index is 3.67. The van der Waals surface area contributed by atoms with Crippen molar-refractivity contribution in [1.82, 2.24) is 0 Å². The Morgan fingerprint density at radius 3 is 1.75 bits per heavy atom. The summed E-state index contributed by atoms with van der Waals surface area (Å²) >= 11 is 0. The first-order chi connectivity index (χ1) is 5.09. The fourth-order valence-corrected chi connectivity index (χ4v) is 3.30. The van der Waals surface area contributed by atoms with Gasteiger partial charge in [-0.1, -0.05) is 60.2 Å². The van der Waals surface area contributed by atoms with Crippen LogP contribution in [0.2, 0.25) is 0 Å². The van der Waals surface area contributed by atoms with E-state index >= 15 is 0 Å². The lowest BCUT2D eigenvalue weighted by Gasteiger charge is -2.21. The third-order valence-corrected chi connectivity index (χ3v) is 4.49. The highest BCUT2D eigenvalue weighted by molar-refractivity contribution is 7.62. The van der Waals surface area contributed by atoms with Gasteiger partial charge in [-0.3, -0.25) is 0 Å². The Kier molecular flexibility index (Phi) is 9.20. The highest BCUT2D eigenvalue weighted by Crippen LogP contribution is 2.47. The Labute approximate surface area is 80.5 Å². The molecular formula is C10H19BP. The molecule has 0 aromatic rings. The molecule has 0 amide bonds. The van der Waals surface area contributed by atoms with Gasteiger partial charge < -0.3 is 0 Å². The minimum Gasteiger partial charge on any atom is -0.0991 e. The summed E-state index contributed by atoms with van der Waals surface area (Å²) in [6.07, 6.45) is 3.94. The van der Waals surface area contributed by atoms with E-state index in [1.807, 2.05) is 6.08 Å². The fraction of sp³-hybridized carbons (Fsp3) is 0.600. The van der Waals surface area contributed by atoms with E-state index in [1.165, 1.54) is 0 Å². The van der Waals surface area contributed by atoms with Crippen LogP contribution < -0.4 is 0 Å². The zero-order valence-electron chi connectivity index (χ0n) is 8.62. The third-order valence-electron chi connectivity index (χ3n) is 1.59. The molecule has 0 aliphatic rings. The van der Waals surface area contributed by atoms with E-state index in [0.29, 0.717) is 0 Å². The number of rotatable bonds is 4. The van der Waals surface area contributed by atoms with E-state index in [0.717, 1.165) is 11.3 Å². The fourth-order valence-electron chi connectivity index (χ4n) is 1.10. The molecule has 0 fully saturated rings. The van der Waals surface area contributed by atoms with Gasteiger partial charge in [-0.15, -0.1) is 0 Å². The van der Waals surface area contributed by atoms with Crippen molar-refractivity contribution < 1.29 is 0 Å². The van der Waals surface area contributed by atoms with Crippen molar-refractivity contribution >= 4 is 16.3 Å². The molecule has 0 spiro atoms. The van der Waals surface area contributed by atoms with Gasteiger partial charge in [0.05, 0.1) is 0 Å². The summed E-state index contributed by atoms with van der Waals surface area (Å²) in [7, 11) is 0.0637. The normalized spacial score (nSPS) is 11.2. The van der Waals surface area contributed by atoms with Crippen molar-refractivity contribution in [2.45, 2.75) is 39.0 Å². The van der Waals surface area contributed by atoms with Crippen molar-refractivity contribution in [3.8, 4) is 0 Å². The number of hydrogen-bond donors (Lipinski definition) is 0. The van der Waals surface area contributed by atoms with E-state index in [1.54, 1.807) is 0 Å². The van der Waals surface area contributed by atoms with Crippen LogP contribution in [0.5, 0.6) is 0 Å². The molecule has 3 radical (unpaired) electrons. The van der Waals surface area contributed by atoms with Gasteiger partial charge >= 0.3 is 0 Å². The van der Waals surface area contributed by atoms with E-state index in [9.17, 15) is 0 Å². The summed E-state index contributed by atoms with van der Waals surface area (Å²) in [5, 5.41) is 0. The van der Waals surface area contributed by atoms with Gasteiger partial charge in [-0.2, -0.15) is 0 Å².